The van der Waals surface area contributed by atoms with Crippen LogP contribution in [0.1, 0.15) is 50.1 Å². The molecule has 1 N–H and O–H groups in total. The van der Waals surface area contributed by atoms with Gasteiger partial charge in [0.15, 0.2) is 11.7 Å². The number of carbonyl (C=O) groups is 2. The molecule has 2 amide bonds. The van der Waals surface area contributed by atoms with Gasteiger partial charge in [-0.2, -0.15) is 0 Å². The first kappa shape index (κ1) is 21.2. The maximum absolute atomic E-state index is 12.5. The highest BCUT2D eigenvalue weighted by atomic mass is 16.3. The van der Waals surface area contributed by atoms with Crippen molar-refractivity contribution in [3.63, 3.8) is 0 Å². The molecule has 3 rings (SSSR count). The van der Waals surface area contributed by atoms with Crippen molar-refractivity contribution in [1.29, 1.82) is 0 Å². The highest BCUT2D eigenvalue weighted by molar-refractivity contribution is 5.91. The summed E-state index contributed by atoms with van der Waals surface area (Å²) in [7, 11) is 0. The number of furan rings is 1. The fraction of sp³-hybridized carbons (Fsp3) is 0.667. The first-order valence-corrected chi connectivity index (χ1v) is 10.8. The van der Waals surface area contributed by atoms with Crippen LogP contribution in [0.15, 0.2) is 27.8 Å². The number of amides is 2. The molecule has 0 aliphatic carbocycles. The first-order chi connectivity index (χ1) is 14.1. The van der Waals surface area contributed by atoms with Crippen molar-refractivity contribution < 1.29 is 14.0 Å². The number of nitrogens with zero attached hydrogens (tertiary/aromatic N) is 4. The van der Waals surface area contributed by atoms with Crippen LogP contribution in [0, 0.1) is 0 Å². The molecule has 2 fully saturated rings. The van der Waals surface area contributed by atoms with E-state index in [2.05, 4.69) is 22.1 Å². The van der Waals surface area contributed by atoms with E-state index in [0.717, 1.165) is 31.9 Å². The largest absolute Gasteiger partial charge is 0.459 e. The lowest BCUT2D eigenvalue weighted by Crippen LogP contribution is -2.53. The van der Waals surface area contributed by atoms with Crippen LogP contribution in [0.2, 0.25) is 0 Å². The molecule has 0 bridgehead atoms. The summed E-state index contributed by atoms with van der Waals surface area (Å²) in [6, 6.07) is 3.76. The van der Waals surface area contributed by atoms with Crippen molar-refractivity contribution in [3.8, 4) is 0 Å². The number of piperazine rings is 1. The van der Waals surface area contributed by atoms with Gasteiger partial charge in [0.25, 0.3) is 5.91 Å². The summed E-state index contributed by atoms with van der Waals surface area (Å²) < 4.78 is 5.22. The van der Waals surface area contributed by atoms with E-state index in [1.54, 1.807) is 17.0 Å². The molecule has 1 aromatic heterocycles. The minimum Gasteiger partial charge on any atom is -0.459 e. The van der Waals surface area contributed by atoms with Gasteiger partial charge < -0.3 is 24.4 Å². The van der Waals surface area contributed by atoms with E-state index in [9.17, 15) is 9.59 Å². The fourth-order valence-corrected chi connectivity index (χ4v) is 3.97. The average molecular weight is 404 g/mol. The molecule has 8 nitrogen and oxygen atoms in total. The van der Waals surface area contributed by atoms with Gasteiger partial charge in [0, 0.05) is 51.7 Å². The molecule has 0 aromatic carbocycles. The van der Waals surface area contributed by atoms with Gasteiger partial charge in [-0.3, -0.25) is 14.6 Å². The third-order valence-corrected chi connectivity index (χ3v) is 5.64. The van der Waals surface area contributed by atoms with E-state index in [1.807, 2.05) is 11.8 Å². The van der Waals surface area contributed by atoms with Crippen LogP contribution >= 0.6 is 0 Å². The summed E-state index contributed by atoms with van der Waals surface area (Å²) in [5, 5.41) is 3.32. The second kappa shape index (κ2) is 10.3. The predicted molar refractivity (Wildman–Crippen MR) is 112 cm³/mol. The van der Waals surface area contributed by atoms with Crippen molar-refractivity contribution in [2.24, 2.45) is 4.99 Å². The molecular formula is C21H33N5O3. The summed E-state index contributed by atoms with van der Waals surface area (Å²) in [4.78, 5) is 35.6. The summed E-state index contributed by atoms with van der Waals surface area (Å²) in [5.41, 5.74) is 0. The third kappa shape index (κ3) is 5.52. The highest BCUT2D eigenvalue weighted by Crippen LogP contribution is 2.17. The number of likely N-dealkylation sites (tertiary alicyclic amines) is 1. The summed E-state index contributed by atoms with van der Waals surface area (Å²) >= 11 is 0. The molecule has 1 unspecified atom stereocenters. The molecule has 1 aromatic rings. The first-order valence-electron chi connectivity index (χ1n) is 10.8. The molecule has 1 atom stereocenters. The Morgan fingerprint density at radius 3 is 2.59 bits per heavy atom. The monoisotopic (exact) mass is 403 g/mol. The number of rotatable bonds is 5. The highest BCUT2D eigenvalue weighted by Gasteiger charge is 2.26. The average Bonchev–Trinajstić information content (AvgIpc) is 3.28. The maximum Gasteiger partial charge on any atom is 0.289 e. The Kier molecular flexibility index (Phi) is 7.55. The van der Waals surface area contributed by atoms with E-state index in [0.29, 0.717) is 50.9 Å². The second-order valence-corrected chi connectivity index (χ2v) is 7.67. The number of aliphatic imine (C=N–C) groups is 1. The zero-order valence-corrected chi connectivity index (χ0v) is 17.6. The van der Waals surface area contributed by atoms with Gasteiger partial charge in [0.05, 0.1) is 12.8 Å². The minimum absolute atomic E-state index is 0.0714. The fourth-order valence-electron chi connectivity index (χ4n) is 3.97. The van der Waals surface area contributed by atoms with Crippen LogP contribution in [0.3, 0.4) is 0 Å². The minimum atomic E-state index is -0.0714. The van der Waals surface area contributed by atoms with Gasteiger partial charge in [-0.05, 0) is 45.2 Å². The van der Waals surface area contributed by atoms with E-state index < -0.39 is 0 Å². The number of hydrogen-bond donors (Lipinski definition) is 1. The van der Waals surface area contributed by atoms with Crippen LogP contribution in [-0.2, 0) is 4.79 Å². The van der Waals surface area contributed by atoms with Crippen LogP contribution < -0.4 is 5.32 Å². The van der Waals surface area contributed by atoms with E-state index >= 15 is 0 Å². The Morgan fingerprint density at radius 1 is 1.17 bits per heavy atom. The molecular weight excluding hydrogens is 370 g/mol. The normalized spacial score (nSPS) is 20.7. The van der Waals surface area contributed by atoms with Crippen molar-refractivity contribution >= 4 is 17.8 Å². The number of carbonyl (C=O) groups excluding carboxylic acids is 2. The van der Waals surface area contributed by atoms with Crippen LogP contribution in [0.5, 0.6) is 0 Å². The molecule has 3 heterocycles. The van der Waals surface area contributed by atoms with E-state index in [4.69, 9.17) is 4.42 Å². The van der Waals surface area contributed by atoms with Crippen molar-refractivity contribution in [3.05, 3.63) is 24.2 Å². The molecule has 2 aliphatic rings. The Labute approximate surface area is 172 Å². The molecule has 8 heteroatoms. The maximum atomic E-state index is 12.5. The van der Waals surface area contributed by atoms with Crippen molar-refractivity contribution in [2.75, 3.05) is 45.8 Å². The Balaban J connectivity index is 1.50. The molecule has 2 aliphatic heterocycles. The number of hydrogen-bond acceptors (Lipinski definition) is 4. The van der Waals surface area contributed by atoms with Gasteiger partial charge in [0.1, 0.15) is 0 Å². The summed E-state index contributed by atoms with van der Waals surface area (Å²) in [5.74, 6) is 1.32. The number of nitrogens with one attached hydrogen (secondary N) is 1. The van der Waals surface area contributed by atoms with Gasteiger partial charge in [0.2, 0.25) is 5.91 Å². The molecule has 0 saturated carbocycles. The zero-order chi connectivity index (χ0) is 20.6. The topological polar surface area (TPSA) is 81.4 Å². The molecule has 160 valence electrons. The molecule has 0 spiro atoms. The van der Waals surface area contributed by atoms with Crippen LogP contribution in [0.25, 0.3) is 0 Å². The second-order valence-electron chi connectivity index (χ2n) is 7.67. The van der Waals surface area contributed by atoms with E-state index in [-0.39, 0.29) is 11.8 Å². The summed E-state index contributed by atoms with van der Waals surface area (Å²) in [6.07, 6.45) is 5.37. The molecule has 0 radical (unpaired) electrons. The molecule has 29 heavy (non-hydrogen) atoms. The zero-order valence-electron chi connectivity index (χ0n) is 17.6. The van der Waals surface area contributed by atoms with Crippen molar-refractivity contribution in [1.82, 2.24) is 20.0 Å². The number of piperidine rings is 1. The van der Waals surface area contributed by atoms with Crippen LogP contribution in [-0.4, -0.2) is 84.3 Å². The Hall–Kier alpha value is -2.51. The SMILES string of the molecule is CCNC(=NCCC(=O)N1CCCCC1C)N1CCN(C(=O)c2ccco2)CC1. The smallest absolute Gasteiger partial charge is 0.289 e. The lowest BCUT2D eigenvalue weighted by Gasteiger charge is -2.36. The van der Waals surface area contributed by atoms with Gasteiger partial charge in [-0.15, -0.1) is 0 Å². The quantitative estimate of drug-likeness (QED) is 0.599. The van der Waals surface area contributed by atoms with Crippen molar-refractivity contribution in [2.45, 2.75) is 45.6 Å². The van der Waals surface area contributed by atoms with E-state index in [1.165, 1.54) is 12.7 Å². The predicted octanol–water partition coefficient (Wildman–Crippen LogP) is 1.79. The van der Waals surface area contributed by atoms with Crippen LogP contribution in [0.4, 0.5) is 0 Å². The van der Waals surface area contributed by atoms with Gasteiger partial charge in [-0.25, -0.2) is 0 Å². The Bertz CT molecular complexity index is 695. The van der Waals surface area contributed by atoms with Gasteiger partial charge >= 0.3 is 0 Å². The lowest BCUT2D eigenvalue weighted by molar-refractivity contribution is -0.134. The standard InChI is InChI=1S/C21H33N5O3/c1-3-22-21(23-10-9-19(27)26-11-5-4-7-17(26)2)25-14-12-24(13-15-25)20(28)18-8-6-16-29-18/h6,8,16-17H,3-5,7,9-15H2,1-2H3,(H,22,23). The lowest BCUT2D eigenvalue weighted by atomic mass is 10.0. The molecule has 2 saturated heterocycles. The Morgan fingerprint density at radius 2 is 1.93 bits per heavy atom. The summed E-state index contributed by atoms with van der Waals surface area (Å²) in [6.45, 7) is 8.93. The number of guanidine groups is 1. The van der Waals surface area contributed by atoms with Gasteiger partial charge in [-0.1, -0.05) is 0 Å². The third-order valence-electron chi connectivity index (χ3n) is 5.64.